The summed E-state index contributed by atoms with van der Waals surface area (Å²) in [7, 11) is 1.60. The Balaban J connectivity index is 1.86. The molecular weight excluding hydrogens is 261 g/mol. The number of methoxy groups -OCH3 is 1. The fraction of sp³-hybridized carbons (Fsp3) is 0.533. The first-order chi connectivity index (χ1) is 9.60. The molecule has 0 bridgehead atoms. The van der Waals surface area contributed by atoms with Gasteiger partial charge in [0.2, 0.25) is 5.91 Å². The summed E-state index contributed by atoms with van der Waals surface area (Å²) in [6.45, 7) is 0.479. The highest BCUT2D eigenvalue weighted by atomic mass is 19.1. The Kier molecular flexibility index (Phi) is 5.09. The van der Waals surface area contributed by atoms with Gasteiger partial charge in [-0.25, -0.2) is 4.39 Å². The van der Waals surface area contributed by atoms with E-state index in [1.807, 2.05) is 0 Å². The Morgan fingerprint density at radius 1 is 1.55 bits per heavy atom. The summed E-state index contributed by atoms with van der Waals surface area (Å²) in [6.07, 6.45) is 1.13. The molecule has 5 heteroatoms. The van der Waals surface area contributed by atoms with Gasteiger partial charge in [-0.05, 0) is 36.5 Å². The van der Waals surface area contributed by atoms with Gasteiger partial charge in [-0.1, -0.05) is 12.1 Å². The predicted molar refractivity (Wildman–Crippen MR) is 72.5 cm³/mol. The van der Waals surface area contributed by atoms with Crippen LogP contribution in [0.25, 0.3) is 0 Å². The Labute approximate surface area is 117 Å². The number of nitrogens with one attached hydrogen (secondary N) is 1. The monoisotopic (exact) mass is 281 g/mol. The Morgan fingerprint density at radius 3 is 2.90 bits per heavy atom. The molecule has 0 saturated heterocycles. The third-order valence-corrected chi connectivity index (χ3v) is 3.50. The van der Waals surface area contributed by atoms with Crippen LogP contribution in [-0.2, 0) is 9.53 Å². The number of carbonyl (C=O) groups excluding carboxylic acids is 1. The van der Waals surface area contributed by atoms with E-state index in [0.29, 0.717) is 18.1 Å². The van der Waals surface area contributed by atoms with E-state index < -0.39 is 11.9 Å². The van der Waals surface area contributed by atoms with Crippen LogP contribution in [0.4, 0.5) is 4.39 Å². The molecule has 0 heterocycles. The predicted octanol–water partition coefficient (Wildman–Crippen LogP) is 1.79. The first-order valence-electron chi connectivity index (χ1n) is 6.82. The van der Waals surface area contributed by atoms with E-state index in [0.717, 1.165) is 12.8 Å². The molecule has 2 rings (SSSR count). The fourth-order valence-electron chi connectivity index (χ4n) is 2.25. The van der Waals surface area contributed by atoms with Gasteiger partial charge in [-0.2, -0.15) is 0 Å². The van der Waals surface area contributed by atoms with Crippen LogP contribution in [0.3, 0.4) is 0 Å². The van der Waals surface area contributed by atoms with Gasteiger partial charge < -0.3 is 15.2 Å². The number of amides is 1. The minimum atomic E-state index is -0.993. The molecule has 0 aliphatic heterocycles. The van der Waals surface area contributed by atoms with Crippen molar-refractivity contribution in [1.29, 1.82) is 0 Å². The van der Waals surface area contributed by atoms with Gasteiger partial charge in [0.25, 0.3) is 0 Å². The summed E-state index contributed by atoms with van der Waals surface area (Å²) in [6, 6.07) is 5.68. The highest BCUT2D eigenvalue weighted by Crippen LogP contribution is 2.32. The normalized spacial score (nSPS) is 17.6. The third-order valence-electron chi connectivity index (χ3n) is 3.50. The Bertz CT molecular complexity index is 462. The van der Waals surface area contributed by atoms with E-state index in [1.165, 1.54) is 18.2 Å². The molecule has 2 unspecified atom stereocenters. The Morgan fingerprint density at radius 2 is 2.30 bits per heavy atom. The van der Waals surface area contributed by atoms with Gasteiger partial charge in [-0.15, -0.1) is 0 Å². The Hall–Kier alpha value is -1.46. The van der Waals surface area contributed by atoms with Crippen molar-refractivity contribution in [2.75, 3.05) is 13.7 Å². The van der Waals surface area contributed by atoms with Crippen LogP contribution in [0.2, 0.25) is 0 Å². The van der Waals surface area contributed by atoms with Crippen molar-refractivity contribution < 1.29 is 19.0 Å². The maximum atomic E-state index is 13.1. The molecule has 2 N–H and O–H groups in total. The largest absolute Gasteiger partial charge is 0.388 e. The first kappa shape index (κ1) is 14.9. The average molecular weight is 281 g/mol. The second-order valence-corrected chi connectivity index (χ2v) is 5.24. The second kappa shape index (κ2) is 6.81. The zero-order valence-electron chi connectivity index (χ0n) is 11.5. The highest BCUT2D eigenvalue weighted by Gasteiger charge is 2.32. The zero-order valence-corrected chi connectivity index (χ0v) is 11.5. The molecule has 1 aliphatic carbocycles. The van der Waals surface area contributed by atoms with Crippen LogP contribution in [0.15, 0.2) is 24.3 Å². The van der Waals surface area contributed by atoms with Gasteiger partial charge in [0.1, 0.15) is 5.82 Å². The SMILES string of the molecule is COCC(NC(=O)CC(O)c1cccc(F)c1)C1CC1. The highest BCUT2D eigenvalue weighted by molar-refractivity contribution is 5.77. The van der Waals surface area contributed by atoms with E-state index >= 15 is 0 Å². The molecule has 1 fully saturated rings. The van der Waals surface area contributed by atoms with Gasteiger partial charge in [0.05, 0.1) is 25.2 Å². The number of hydrogen-bond donors (Lipinski definition) is 2. The molecule has 0 radical (unpaired) electrons. The molecule has 0 spiro atoms. The van der Waals surface area contributed by atoms with Crippen molar-refractivity contribution in [2.45, 2.75) is 31.4 Å². The van der Waals surface area contributed by atoms with Crippen LogP contribution in [-0.4, -0.2) is 30.8 Å². The first-order valence-corrected chi connectivity index (χ1v) is 6.82. The lowest BCUT2D eigenvalue weighted by molar-refractivity contribution is -0.124. The van der Waals surface area contributed by atoms with Crippen molar-refractivity contribution in [2.24, 2.45) is 5.92 Å². The molecule has 0 aromatic heterocycles. The van der Waals surface area contributed by atoms with E-state index in [2.05, 4.69) is 5.32 Å². The topological polar surface area (TPSA) is 58.6 Å². The molecule has 1 aromatic carbocycles. The van der Waals surface area contributed by atoms with Crippen molar-refractivity contribution in [3.63, 3.8) is 0 Å². The summed E-state index contributed by atoms with van der Waals surface area (Å²) in [5.41, 5.74) is 0.412. The summed E-state index contributed by atoms with van der Waals surface area (Å²) in [5.74, 6) is -0.182. The van der Waals surface area contributed by atoms with Crippen molar-refractivity contribution in [3.05, 3.63) is 35.6 Å². The average Bonchev–Trinajstić information content (AvgIpc) is 3.22. The molecule has 1 amide bonds. The number of carbonyl (C=O) groups is 1. The number of hydrogen-bond acceptors (Lipinski definition) is 3. The second-order valence-electron chi connectivity index (χ2n) is 5.24. The van der Waals surface area contributed by atoms with E-state index in [-0.39, 0.29) is 18.4 Å². The maximum absolute atomic E-state index is 13.1. The number of aliphatic hydroxyl groups is 1. The van der Waals surface area contributed by atoms with Gasteiger partial charge >= 0.3 is 0 Å². The van der Waals surface area contributed by atoms with E-state index in [9.17, 15) is 14.3 Å². The number of benzene rings is 1. The molecule has 20 heavy (non-hydrogen) atoms. The smallest absolute Gasteiger partial charge is 0.223 e. The molecule has 1 aromatic rings. The van der Waals surface area contributed by atoms with Gasteiger partial charge in [-0.3, -0.25) is 4.79 Å². The van der Waals surface area contributed by atoms with Gasteiger partial charge in [0, 0.05) is 7.11 Å². The van der Waals surface area contributed by atoms with Crippen LogP contribution in [0.5, 0.6) is 0 Å². The standard InChI is InChI=1S/C15H20FNO3/c1-20-9-13(10-5-6-10)17-15(19)8-14(18)11-3-2-4-12(16)7-11/h2-4,7,10,13-14,18H,5-6,8-9H2,1H3,(H,17,19). The number of aliphatic hydroxyl groups excluding tert-OH is 1. The van der Waals surface area contributed by atoms with Crippen molar-refractivity contribution in [1.82, 2.24) is 5.32 Å². The van der Waals surface area contributed by atoms with Gasteiger partial charge in [0.15, 0.2) is 0 Å². The molecular formula is C15H20FNO3. The molecule has 110 valence electrons. The summed E-state index contributed by atoms with van der Waals surface area (Å²) < 4.78 is 18.1. The number of halogens is 1. The van der Waals surface area contributed by atoms with E-state index in [1.54, 1.807) is 13.2 Å². The molecule has 2 atom stereocenters. The minimum absolute atomic E-state index is 0.00668. The molecule has 1 aliphatic rings. The van der Waals surface area contributed by atoms with Crippen LogP contribution < -0.4 is 5.32 Å². The number of ether oxygens (including phenoxy) is 1. The lowest BCUT2D eigenvalue weighted by Crippen LogP contribution is -2.40. The minimum Gasteiger partial charge on any atom is -0.388 e. The van der Waals surface area contributed by atoms with Crippen molar-refractivity contribution in [3.8, 4) is 0 Å². The number of rotatable bonds is 7. The quantitative estimate of drug-likeness (QED) is 0.801. The lowest BCUT2D eigenvalue weighted by atomic mass is 10.1. The fourth-order valence-corrected chi connectivity index (χ4v) is 2.25. The van der Waals surface area contributed by atoms with Crippen LogP contribution >= 0.6 is 0 Å². The molecule has 1 saturated carbocycles. The maximum Gasteiger partial charge on any atom is 0.223 e. The summed E-state index contributed by atoms with van der Waals surface area (Å²) in [4.78, 5) is 11.9. The van der Waals surface area contributed by atoms with Crippen LogP contribution in [0, 0.1) is 11.7 Å². The van der Waals surface area contributed by atoms with Crippen LogP contribution in [0.1, 0.15) is 30.9 Å². The zero-order chi connectivity index (χ0) is 14.5. The lowest BCUT2D eigenvalue weighted by Gasteiger charge is -2.18. The molecule has 4 nitrogen and oxygen atoms in total. The summed E-state index contributed by atoms with van der Waals surface area (Å²) >= 11 is 0. The third kappa shape index (κ3) is 4.28. The van der Waals surface area contributed by atoms with E-state index in [4.69, 9.17) is 4.74 Å². The summed E-state index contributed by atoms with van der Waals surface area (Å²) in [5, 5.41) is 12.8. The van der Waals surface area contributed by atoms with Crippen molar-refractivity contribution >= 4 is 5.91 Å².